The minimum absolute atomic E-state index is 0.0108. The first-order chi connectivity index (χ1) is 15.2. The van der Waals surface area contributed by atoms with Crippen LogP contribution in [0.1, 0.15) is 19.4 Å². The molecule has 1 aromatic heterocycles. The summed E-state index contributed by atoms with van der Waals surface area (Å²) in [5.74, 6) is 0.225. The molecule has 0 spiro atoms. The van der Waals surface area contributed by atoms with Crippen LogP contribution in [0.2, 0.25) is 0 Å². The molecule has 3 rings (SSSR count). The van der Waals surface area contributed by atoms with E-state index in [0.29, 0.717) is 11.0 Å². The molecule has 0 unspecified atom stereocenters. The Labute approximate surface area is 188 Å². The number of halogens is 3. The molecule has 3 aromatic rings. The van der Waals surface area contributed by atoms with E-state index in [4.69, 9.17) is 0 Å². The van der Waals surface area contributed by atoms with Crippen molar-refractivity contribution in [1.82, 2.24) is 14.8 Å². The number of anilines is 2. The van der Waals surface area contributed by atoms with Crippen molar-refractivity contribution in [2.45, 2.75) is 25.2 Å². The summed E-state index contributed by atoms with van der Waals surface area (Å²) < 4.78 is 40.3. The Morgan fingerprint density at radius 2 is 1.78 bits per heavy atom. The summed E-state index contributed by atoms with van der Waals surface area (Å²) in [4.78, 5) is 14.5. The third-order valence-corrected chi connectivity index (χ3v) is 5.92. The maximum Gasteiger partial charge on any atom is 0.416 e. The second kappa shape index (κ2) is 10.1. The van der Waals surface area contributed by atoms with Crippen molar-refractivity contribution in [2.24, 2.45) is 7.05 Å². The van der Waals surface area contributed by atoms with Crippen molar-refractivity contribution in [2.75, 3.05) is 29.1 Å². The summed E-state index contributed by atoms with van der Waals surface area (Å²) >= 11 is 1.16. The zero-order valence-electron chi connectivity index (χ0n) is 18.0. The molecule has 0 bridgehead atoms. The third kappa shape index (κ3) is 5.61. The molecule has 1 amide bonds. The van der Waals surface area contributed by atoms with Gasteiger partial charge >= 0.3 is 6.18 Å². The lowest BCUT2D eigenvalue weighted by Crippen LogP contribution is -2.21. The Morgan fingerprint density at radius 3 is 2.41 bits per heavy atom. The first-order valence-electron chi connectivity index (χ1n) is 10.1. The summed E-state index contributed by atoms with van der Waals surface area (Å²) in [5.41, 5.74) is 1.31. The number of aromatic nitrogens is 3. The van der Waals surface area contributed by atoms with Crippen LogP contribution in [0.15, 0.2) is 53.7 Å². The predicted molar refractivity (Wildman–Crippen MR) is 121 cm³/mol. The molecule has 0 aliphatic carbocycles. The lowest BCUT2D eigenvalue weighted by molar-refractivity contribution is -0.137. The van der Waals surface area contributed by atoms with E-state index < -0.39 is 17.6 Å². The Kier molecular flexibility index (Phi) is 7.44. The zero-order chi connectivity index (χ0) is 23.3. The standard InChI is InChI=1S/C22H24F3N5OS/c1-4-30(5-2)18-11-9-15(10-12-18)20-27-28-21(29(20)3)32-14-19(31)26-17-8-6-7-16(13-17)22(23,24)25/h6-13H,4-5,14H2,1-3H3,(H,26,31). The van der Waals surface area contributed by atoms with Gasteiger partial charge in [-0.3, -0.25) is 4.79 Å². The second-order valence-corrected chi connectivity index (χ2v) is 7.94. The molecule has 2 aromatic carbocycles. The van der Waals surface area contributed by atoms with Gasteiger partial charge in [0, 0.05) is 37.1 Å². The number of carbonyl (C=O) groups excluding carboxylic acids is 1. The maximum absolute atomic E-state index is 12.8. The Balaban J connectivity index is 1.63. The molecule has 0 saturated carbocycles. The van der Waals surface area contributed by atoms with Crippen LogP contribution in [0.5, 0.6) is 0 Å². The van der Waals surface area contributed by atoms with Crippen LogP contribution in [0.4, 0.5) is 24.5 Å². The highest BCUT2D eigenvalue weighted by Gasteiger charge is 2.30. The van der Waals surface area contributed by atoms with Crippen LogP contribution >= 0.6 is 11.8 Å². The quantitative estimate of drug-likeness (QED) is 0.472. The number of rotatable bonds is 8. The molecule has 6 nitrogen and oxygen atoms in total. The van der Waals surface area contributed by atoms with E-state index in [1.54, 1.807) is 11.6 Å². The van der Waals surface area contributed by atoms with E-state index in [1.807, 2.05) is 24.3 Å². The van der Waals surface area contributed by atoms with Crippen LogP contribution in [0, 0.1) is 0 Å². The number of hydrogen-bond donors (Lipinski definition) is 1. The van der Waals surface area contributed by atoms with Crippen molar-refractivity contribution in [3.63, 3.8) is 0 Å². The fraction of sp³-hybridized carbons (Fsp3) is 0.318. The highest BCUT2D eigenvalue weighted by atomic mass is 32.2. The molecule has 0 fully saturated rings. The van der Waals surface area contributed by atoms with E-state index >= 15 is 0 Å². The van der Waals surface area contributed by atoms with Gasteiger partial charge in [0.1, 0.15) is 0 Å². The van der Waals surface area contributed by atoms with Gasteiger partial charge in [-0.15, -0.1) is 10.2 Å². The van der Waals surface area contributed by atoms with Crippen LogP contribution in [-0.2, 0) is 18.0 Å². The van der Waals surface area contributed by atoms with Gasteiger partial charge in [0.15, 0.2) is 11.0 Å². The SMILES string of the molecule is CCN(CC)c1ccc(-c2nnc(SCC(=O)Nc3cccc(C(F)(F)F)c3)n2C)cc1. The summed E-state index contributed by atoms with van der Waals surface area (Å²) in [6, 6.07) is 12.6. The first kappa shape index (κ1) is 23.6. The number of nitrogens with zero attached hydrogens (tertiary/aromatic N) is 4. The predicted octanol–water partition coefficient (Wildman–Crippen LogP) is 5.08. The van der Waals surface area contributed by atoms with Crippen LogP contribution < -0.4 is 10.2 Å². The van der Waals surface area contributed by atoms with Crippen molar-refractivity contribution >= 4 is 29.0 Å². The highest BCUT2D eigenvalue weighted by molar-refractivity contribution is 7.99. The lowest BCUT2D eigenvalue weighted by atomic mass is 10.2. The number of hydrogen-bond acceptors (Lipinski definition) is 5. The molecule has 0 atom stereocenters. The van der Waals surface area contributed by atoms with Crippen molar-refractivity contribution in [3.05, 3.63) is 54.1 Å². The van der Waals surface area contributed by atoms with Gasteiger partial charge in [-0.2, -0.15) is 13.2 Å². The normalized spacial score (nSPS) is 11.4. The Morgan fingerprint density at radius 1 is 1.09 bits per heavy atom. The van der Waals surface area contributed by atoms with Crippen molar-refractivity contribution < 1.29 is 18.0 Å². The van der Waals surface area contributed by atoms with Gasteiger partial charge in [0.2, 0.25) is 5.91 Å². The molecule has 0 aliphatic heterocycles. The van der Waals surface area contributed by atoms with Gasteiger partial charge in [-0.25, -0.2) is 0 Å². The first-order valence-corrected chi connectivity index (χ1v) is 11.1. The van der Waals surface area contributed by atoms with Gasteiger partial charge in [0.05, 0.1) is 11.3 Å². The minimum atomic E-state index is -4.46. The van der Waals surface area contributed by atoms with Crippen LogP contribution in [0.25, 0.3) is 11.4 Å². The lowest BCUT2D eigenvalue weighted by Gasteiger charge is -2.21. The Hall–Kier alpha value is -3.01. The number of nitrogens with one attached hydrogen (secondary N) is 1. The average Bonchev–Trinajstić information content (AvgIpc) is 3.13. The van der Waals surface area contributed by atoms with E-state index in [2.05, 4.69) is 34.3 Å². The topological polar surface area (TPSA) is 63.1 Å². The summed E-state index contributed by atoms with van der Waals surface area (Å²) in [6.07, 6.45) is -4.46. The maximum atomic E-state index is 12.8. The fourth-order valence-electron chi connectivity index (χ4n) is 3.20. The van der Waals surface area contributed by atoms with E-state index in [-0.39, 0.29) is 11.4 Å². The smallest absolute Gasteiger partial charge is 0.372 e. The average molecular weight is 464 g/mol. The molecule has 0 radical (unpaired) electrons. The zero-order valence-corrected chi connectivity index (χ0v) is 18.8. The van der Waals surface area contributed by atoms with E-state index in [9.17, 15) is 18.0 Å². The second-order valence-electron chi connectivity index (χ2n) is 7.00. The van der Waals surface area contributed by atoms with E-state index in [1.165, 1.54) is 12.1 Å². The fourth-order valence-corrected chi connectivity index (χ4v) is 3.91. The van der Waals surface area contributed by atoms with Gasteiger partial charge in [-0.1, -0.05) is 17.8 Å². The number of benzene rings is 2. The monoisotopic (exact) mass is 463 g/mol. The van der Waals surface area contributed by atoms with Crippen LogP contribution in [0.3, 0.4) is 0 Å². The van der Waals surface area contributed by atoms with Gasteiger partial charge in [-0.05, 0) is 56.3 Å². The van der Waals surface area contributed by atoms with Gasteiger partial charge in [0.25, 0.3) is 0 Å². The highest BCUT2D eigenvalue weighted by Crippen LogP contribution is 2.31. The molecule has 0 aliphatic rings. The van der Waals surface area contributed by atoms with E-state index in [0.717, 1.165) is 48.2 Å². The number of alkyl halides is 3. The third-order valence-electron chi connectivity index (χ3n) is 4.90. The Bertz CT molecular complexity index is 1060. The molecule has 0 saturated heterocycles. The number of amides is 1. The molecule has 1 heterocycles. The molecule has 32 heavy (non-hydrogen) atoms. The van der Waals surface area contributed by atoms with Gasteiger partial charge < -0.3 is 14.8 Å². The van der Waals surface area contributed by atoms with Crippen LogP contribution in [-0.4, -0.2) is 39.5 Å². The molecular formula is C22H24F3N5OS. The molecule has 10 heteroatoms. The molecule has 1 N–H and O–H groups in total. The summed E-state index contributed by atoms with van der Waals surface area (Å²) in [5, 5.41) is 11.4. The summed E-state index contributed by atoms with van der Waals surface area (Å²) in [6.45, 7) is 6.05. The number of carbonyl (C=O) groups is 1. The largest absolute Gasteiger partial charge is 0.416 e. The minimum Gasteiger partial charge on any atom is -0.372 e. The number of thioether (sulfide) groups is 1. The van der Waals surface area contributed by atoms with Crippen molar-refractivity contribution in [1.29, 1.82) is 0 Å². The molecular weight excluding hydrogens is 439 g/mol. The summed E-state index contributed by atoms with van der Waals surface area (Å²) in [7, 11) is 1.81. The molecule has 170 valence electrons. The van der Waals surface area contributed by atoms with Crippen molar-refractivity contribution in [3.8, 4) is 11.4 Å².